The fraction of sp³-hybridized carbons (Fsp3) is 0.389. The zero-order valence-electron chi connectivity index (χ0n) is 12.3. The molecule has 2 atom stereocenters. The van der Waals surface area contributed by atoms with E-state index < -0.39 is 0 Å². The van der Waals surface area contributed by atoms with E-state index in [0.29, 0.717) is 5.69 Å². The van der Waals surface area contributed by atoms with Crippen molar-refractivity contribution in [2.45, 2.75) is 44.1 Å². The Morgan fingerprint density at radius 3 is 2.52 bits per heavy atom. The number of rotatable bonds is 2. The van der Waals surface area contributed by atoms with Gasteiger partial charge < -0.3 is 0 Å². The maximum absolute atomic E-state index is 14.6. The second kappa shape index (κ2) is 3.90. The summed E-state index contributed by atoms with van der Waals surface area (Å²) in [5.74, 6) is -0.675. The Morgan fingerprint density at radius 2 is 1.81 bits per heavy atom. The van der Waals surface area contributed by atoms with Crippen molar-refractivity contribution in [2.75, 3.05) is 0 Å². The summed E-state index contributed by atoms with van der Waals surface area (Å²) in [4.78, 5) is 0. The number of nitrogens with zero attached hydrogens (tertiary/aromatic N) is 1. The average Bonchev–Trinajstić information content (AvgIpc) is 3.21. The highest BCUT2D eigenvalue weighted by atomic mass is 19.1. The van der Waals surface area contributed by atoms with Crippen molar-refractivity contribution in [3.63, 3.8) is 0 Å². The molecule has 2 unspecified atom stereocenters. The van der Waals surface area contributed by atoms with Gasteiger partial charge in [0.05, 0.1) is 11.0 Å². The number of aromatic nitrogens is 1. The first-order valence-electron chi connectivity index (χ1n) is 7.62. The van der Waals surface area contributed by atoms with Crippen molar-refractivity contribution in [1.82, 2.24) is 0 Å². The van der Waals surface area contributed by atoms with E-state index >= 15 is 0 Å². The molecule has 3 heteroatoms. The van der Waals surface area contributed by atoms with Crippen LogP contribution in [0.1, 0.15) is 38.7 Å². The lowest BCUT2D eigenvalue weighted by Crippen LogP contribution is -2.57. The van der Waals surface area contributed by atoms with Crippen molar-refractivity contribution < 1.29 is 13.3 Å². The molecule has 0 N–H and O–H groups in total. The summed E-state index contributed by atoms with van der Waals surface area (Å²) in [6.07, 6.45) is 2.65. The minimum absolute atomic E-state index is 0.0509. The van der Waals surface area contributed by atoms with Crippen LogP contribution in [-0.4, -0.2) is 0 Å². The zero-order chi connectivity index (χ0) is 14.8. The van der Waals surface area contributed by atoms with Crippen molar-refractivity contribution in [1.29, 1.82) is 0 Å². The normalized spacial score (nSPS) is 28.6. The van der Waals surface area contributed by atoms with E-state index in [-0.39, 0.29) is 22.7 Å². The third-order valence-corrected chi connectivity index (χ3v) is 5.70. The third kappa shape index (κ3) is 1.28. The van der Waals surface area contributed by atoms with Gasteiger partial charge in [-0.05, 0) is 24.1 Å². The van der Waals surface area contributed by atoms with Gasteiger partial charge in [-0.25, -0.2) is 0 Å². The van der Waals surface area contributed by atoms with Crippen LogP contribution < -0.4 is 4.57 Å². The third-order valence-electron chi connectivity index (χ3n) is 5.70. The monoisotopic (exact) mass is 286 g/mol. The Morgan fingerprint density at radius 1 is 1.05 bits per heavy atom. The molecule has 108 valence electrons. The van der Waals surface area contributed by atoms with Gasteiger partial charge in [0.25, 0.3) is 5.69 Å². The number of fused-ring (bicyclic) bond motifs is 6. The highest BCUT2D eigenvalue weighted by Gasteiger charge is 2.77. The summed E-state index contributed by atoms with van der Waals surface area (Å²) in [6.45, 7) is 4.23. The van der Waals surface area contributed by atoms with Crippen molar-refractivity contribution in [3.8, 4) is 11.3 Å². The largest absolute Gasteiger partial charge is 0.360 e. The smallest absolute Gasteiger partial charge is 0.200 e. The van der Waals surface area contributed by atoms with Crippen LogP contribution in [0.4, 0.5) is 8.78 Å². The lowest BCUT2D eigenvalue weighted by molar-refractivity contribution is -0.761. The first kappa shape index (κ1) is 12.9. The fourth-order valence-corrected chi connectivity index (χ4v) is 4.64. The predicted molar refractivity (Wildman–Crippen MR) is 76.8 cm³/mol. The molecule has 1 saturated carbocycles. The summed E-state index contributed by atoms with van der Waals surface area (Å²) in [5.41, 5.74) is 2.08. The van der Waals surface area contributed by atoms with E-state index in [1.165, 1.54) is 17.7 Å². The molecule has 1 aromatic carbocycles. The topological polar surface area (TPSA) is 3.88 Å². The average molecular weight is 286 g/mol. The highest BCUT2D eigenvalue weighted by molar-refractivity contribution is 5.68. The summed E-state index contributed by atoms with van der Waals surface area (Å²) < 4.78 is 30.7. The van der Waals surface area contributed by atoms with E-state index in [2.05, 4.69) is 19.9 Å². The van der Waals surface area contributed by atoms with Gasteiger partial charge in [0, 0.05) is 18.9 Å². The number of pyridine rings is 1. The summed E-state index contributed by atoms with van der Waals surface area (Å²) in [7, 11) is 0. The molecule has 0 radical (unpaired) electrons. The van der Waals surface area contributed by atoms with Crippen molar-refractivity contribution >= 4 is 0 Å². The van der Waals surface area contributed by atoms with Crippen LogP contribution >= 0.6 is 0 Å². The van der Waals surface area contributed by atoms with Crippen LogP contribution in [0.15, 0.2) is 36.4 Å². The van der Waals surface area contributed by atoms with Crippen LogP contribution in [0.5, 0.6) is 0 Å². The molecule has 2 aliphatic rings. The zero-order valence-corrected chi connectivity index (χ0v) is 12.3. The van der Waals surface area contributed by atoms with Crippen molar-refractivity contribution in [3.05, 3.63) is 53.7 Å². The van der Waals surface area contributed by atoms with Gasteiger partial charge in [-0.15, -0.1) is 4.39 Å². The number of hydrogen-bond donors (Lipinski definition) is 0. The standard InChI is InChI=1S/C18H18F2N/c1-3-17-11-18(17,4-2)21-15(20)10-9-14(19)16(21)12-7-5-6-8-13(12)17/h5-10H,3-4,11H2,1-2H3/q+1. The molecule has 1 nitrogen and oxygen atoms in total. The maximum atomic E-state index is 14.6. The quantitative estimate of drug-likeness (QED) is 0.578. The van der Waals surface area contributed by atoms with Gasteiger partial charge in [-0.1, -0.05) is 32.0 Å². The van der Waals surface area contributed by atoms with Crippen molar-refractivity contribution in [2.24, 2.45) is 0 Å². The highest BCUT2D eigenvalue weighted by Crippen LogP contribution is 2.67. The Kier molecular flexibility index (Phi) is 2.40. The Bertz CT molecular complexity index is 755. The molecule has 21 heavy (non-hydrogen) atoms. The second-order valence-electron chi connectivity index (χ2n) is 6.23. The van der Waals surface area contributed by atoms with Crippen LogP contribution in [-0.2, 0) is 11.0 Å². The number of benzene rings is 1. The summed E-state index contributed by atoms with van der Waals surface area (Å²) >= 11 is 0. The molecule has 1 aromatic heterocycles. The SMILES string of the molecule is CCC12CC1(CC)[n+]1c(F)ccc(F)c1-c1ccccc12. The predicted octanol–water partition coefficient (Wildman–Crippen LogP) is 4.09. The van der Waals surface area contributed by atoms with Gasteiger partial charge in [0.2, 0.25) is 0 Å². The molecule has 4 rings (SSSR count). The molecule has 1 aliphatic heterocycles. The van der Waals surface area contributed by atoms with E-state index in [0.717, 1.165) is 24.8 Å². The molecular formula is C18H18F2N+. The Balaban J connectivity index is 2.16. The molecule has 0 saturated heterocycles. The van der Waals surface area contributed by atoms with Crippen LogP contribution in [0.25, 0.3) is 11.3 Å². The number of hydrogen-bond acceptors (Lipinski definition) is 0. The molecule has 2 heterocycles. The van der Waals surface area contributed by atoms with Gasteiger partial charge in [0.1, 0.15) is 0 Å². The first-order valence-corrected chi connectivity index (χ1v) is 7.62. The van der Waals surface area contributed by atoms with E-state index in [1.807, 2.05) is 18.2 Å². The van der Waals surface area contributed by atoms with E-state index in [9.17, 15) is 8.78 Å². The molecule has 1 aliphatic carbocycles. The first-order chi connectivity index (χ1) is 10.1. The lowest BCUT2D eigenvalue weighted by Gasteiger charge is -2.28. The van der Waals surface area contributed by atoms with Gasteiger partial charge in [-0.3, -0.25) is 0 Å². The Labute approximate surface area is 123 Å². The lowest BCUT2D eigenvalue weighted by atomic mass is 9.79. The molecule has 0 amide bonds. The minimum atomic E-state index is -0.340. The van der Waals surface area contributed by atoms with Gasteiger partial charge in [-0.2, -0.15) is 8.96 Å². The minimum Gasteiger partial charge on any atom is -0.200 e. The summed E-state index contributed by atoms with van der Waals surface area (Å²) in [6, 6.07) is 10.4. The van der Waals surface area contributed by atoms with Crippen LogP contribution in [0, 0.1) is 11.8 Å². The van der Waals surface area contributed by atoms with E-state index in [1.54, 1.807) is 4.57 Å². The van der Waals surface area contributed by atoms with Crippen LogP contribution in [0.2, 0.25) is 0 Å². The number of halogens is 2. The maximum Gasteiger partial charge on any atom is 0.360 e. The molecular weight excluding hydrogens is 268 g/mol. The second-order valence-corrected chi connectivity index (χ2v) is 6.23. The molecule has 1 fully saturated rings. The van der Waals surface area contributed by atoms with Crippen LogP contribution in [0.3, 0.4) is 0 Å². The Hall–Kier alpha value is -1.77. The molecule has 0 spiro atoms. The molecule has 0 bridgehead atoms. The van der Waals surface area contributed by atoms with Gasteiger partial charge >= 0.3 is 5.95 Å². The van der Waals surface area contributed by atoms with E-state index in [4.69, 9.17) is 0 Å². The molecule has 2 aromatic rings. The fourth-order valence-electron chi connectivity index (χ4n) is 4.64. The summed E-state index contributed by atoms with van der Waals surface area (Å²) in [5, 5.41) is 0. The van der Waals surface area contributed by atoms with Gasteiger partial charge in [0.15, 0.2) is 11.4 Å².